The van der Waals surface area contributed by atoms with Crippen molar-refractivity contribution in [1.29, 1.82) is 0 Å². The normalized spacial score (nSPS) is 14.4. The fourth-order valence-electron chi connectivity index (χ4n) is 4.37. The first-order valence-electron chi connectivity index (χ1n) is 11.7. The molecule has 6 nitrogen and oxygen atoms in total. The maximum absolute atomic E-state index is 12.7. The highest BCUT2D eigenvalue weighted by atomic mass is 16.5. The van der Waals surface area contributed by atoms with E-state index >= 15 is 0 Å². The zero-order valence-electron chi connectivity index (χ0n) is 19.8. The summed E-state index contributed by atoms with van der Waals surface area (Å²) in [4.78, 5) is 15.1. The number of nitrogens with one attached hydrogen (secondary N) is 1. The molecule has 0 aromatic heterocycles. The van der Waals surface area contributed by atoms with Gasteiger partial charge in [-0.25, -0.2) is 0 Å². The van der Waals surface area contributed by atoms with E-state index in [-0.39, 0.29) is 18.4 Å². The topological polar surface area (TPSA) is 60.0 Å². The molecule has 0 radical (unpaired) electrons. The van der Waals surface area contributed by atoms with Crippen LogP contribution in [0.1, 0.15) is 24.0 Å². The van der Waals surface area contributed by atoms with Crippen molar-refractivity contribution < 1.29 is 19.0 Å². The number of ether oxygens (including phenoxy) is 3. The number of hydrogen-bond acceptors (Lipinski definition) is 5. The molecule has 0 spiro atoms. The van der Waals surface area contributed by atoms with Crippen molar-refractivity contribution in [3.8, 4) is 23.0 Å². The highest BCUT2D eigenvalue weighted by Gasteiger charge is 2.22. The van der Waals surface area contributed by atoms with Gasteiger partial charge in [0, 0.05) is 31.2 Å². The maximum Gasteiger partial charge on any atom is 0.224 e. The largest absolute Gasteiger partial charge is 0.493 e. The highest BCUT2D eigenvalue weighted by Crippen LogP contribution is 2.31. The predicted octanol–water partition coefficient (Wildman–Crippen LogP) is 4.82. The van der Waals surface area contributed by atoms with Crippen molar-refractivity contribution in [1.82, 2.24) is 10.2 Å². The van der Waals surface area contributed by atoms with Crippen molar-refractivity contribution in [3.63, 3.8) is 0 Å². The third-order valence-corrected chi connectivity index (χ3v) is 6.07. The van der Waals surface area contributed by atoms with Crippen LogP contribution >= 0.6 is 0 Å². The molecule has 1 fully saturated rings. The summed E-state index contributed by atoms with van der Waals surface area (Å²) in [7, 11) is 3.19. The fourth-order valence-corrected chi connectivity index (χ4v) is 4.37. The van der Waals surface area contributed by atoms with Gasteiger partial charge in [0.1, 0.15) is 11.5 Å². The number of piperidine rings is 1. The summed E-state index contributed by atoms with van der Waals surface area (Å²) < 4.78 is 16.8. The van der Waals surface area contributed by atoms with Gasteiger partial charge in [0.15, 0.2) is 11.5 Å². The van der Waals surface area contributed by atoms with Crippen molar-refractivity contribution >= 4 is 5.91 Å². The van der Waals surface area contributed by atoms with Gasteiger partial charge < -0.3 is 19.5 Å². The van der Waals surface area contributed by atoms with Gasteiger partial charge >= 0.3 is 0 Å². The van der Waals surface area contributed by atoms with Crippen molar-refractivity contribution in [3.05, 3.63) is 83.9 Å². The minimum Gasteiger partial charge on any atom is -0.493 e. The van der Waals surface area contributed by atoms with Gasteiger partial charge in [-0.1, -0.05) is 42.5 Å². The molecule has 0 atom stereocenters. The number of carbonyl (C=O) groups is 1. The van der Waals surface area contributed by atoms with E-state index in [1.807, 2.05) is 60.7 Å². The average molecular weight is 461 g/mol. The molecule has 1 aliphatic heterocycles. The van der Waals surface area contributed by atoms with E-state index in [1.165, 1.54) is 5.56 Å². The number of methoxy groups -OCH3 is 2. The lowest BCUT2D eigenvalue weighted by atomic mass is 10.0. The zero-order valence-corrected chi connectivity index (χ0v) is 19.8. The standard InChI is InChI=1S/C28H32N2O4/c1-32-26-13-7-9-22(28(26)33-2)19-27(31)29-23-14-16-30(17-15-23)20-21-8-6-12-25(18-21)34-24-10-4-3-5-11-24/h3-13,18,23H,14-17,19-20H2,1-2H3,(H,29,31). The molecule has 3 aromatic carbocycles. The smallest absolute Gasteiger partial charge is 0.224 e. The van der Waals surface area contributed by atoms with Crippen LogP contribution in [0.2, 0.25) is 0 Å². The minimum absolute atomic E-state index is 0.00997. The summed E-state index contributed by atoms with van der Waals surface area (Å²) in [5, 5.41) is 3.19. The Labute approximate surface area is 201 Å². The summed E-state index contributed by atoms with van der Waals surface area (Å²) in [6, 6.07) is 23.9. The van der Waals surface area contributed by atoms with Crippen LogP contribution in [-0.4, -0.2) is 44.2 Å². The Morgan fingerprint density at radius 3 is 2.38 bits per heavy atom. The lowest BCUT2D eigenvalue weighted by molar-refractivity contribution is -0.121. The molecule has 0 bridgehead atoms. The fraction of sp³-hybridized carbons (Fsp3) is 0.321. The first kappa shape index (κ1) is 23.6. The molecule has 178 valence electrons. The maximum atomic E-state index is 12.7. The van der Waals surface area contributed by atoms with Crippen molar-refractivity contribution in [2.75, 3.05) is 27.3 Å². The van der Waals surface area contributed by atoms with Crippen LogP contribution in [0.5, 0.6) is 23.0 Å². The molecule has 4 rings (SSSR count). The van der Waals surface area contributed by atoms with E-state index in [9.17, 15) is 4.79 Å². The second-order valence-electron chi connectivity index (χ2n) is 8.51. The van der Waals surface area contributed by atoms with E-state index in [0.717, 1.165) is 49.5 Å². The third kappa shape index (κ3) is 6.29. The molecule has 0 unspecified atom stereocenters. The monoisotopic (exact) mass is 460 g/mol. The van der Waals surface area contributed by atoms with Crippen LogP contribution < -0.4 is 19.5 Å². The van der Waals surface area contributed by atoms with Crippen LogP contribution in [0, 0.1) is 0 Å². The van der Waals surface area contributed by atoms with Crippen LogP contribution in [-0.2, 0) is 17.8 Å². The summed E-state index contributed by atoms with van der Waals surface area (Å²) in [6.45, 7) is 2.75. The van der Waals surface area contributed by atoms with Crippen molar-refractivity contribution in [2.24, 2.45) is 0 Å². The first-order chi connectivity index (χ1) is 16.6. The van der Waals surface area contributed by atoms with Crippen LogP contribution in [0.3, 0.4) is 0 Å². The average Bonchev–Trinajstić information content (AvgIpc) is 2.86. The second-order valence-corrected chi connectivity index (χ2v) is 8.51. The third-order valence-electron chi connectivity index (χ3n) is 6.07. The quantitative estimate of drug-likeness (QED) is 0.496. The highest BCUT2D eigenvalue weighted by molar-refractivity contribution is 5.80. The van der Waals surface area contributed by atoms with E-state index in [0.29, 0.717) is 11.5 Å². The Balaban J connectivity index is 1.26. The minimum atomic E-state index is 0.00997. The Morgan fingerprint density at radius 2 is 1.65 bits per heavy atom. The van der Waals surface area contributed by atoms with E-state index < -0.39 is 0 Å². The molecular weight excluding hydrogens is 428 g/mol. The van der Waals surface area contributed by atoms with Crippen LogP contribution in [0.15, 0.2) is 72.8 Å². The van der Waals surface area contributed by atoms with Gasteiger partial charge in [0.25, 0.3) is 0 Å². The van der Waals surface area contributed by atoms with Gasteiger partial charge in [0.2, 0.25) is 5.91 Å². The molecule has 0 saturated carbocycles. The number of nitrogens with zero attached hydrogens (tertiary/aromatic N) is 1. The number of rotatable bonds is 9. The molecule has 1 amide bonds. The van der Waals surface area contributed by atoms with Gasteiger partial charge in [-0.05, 0) is 48.7 Å². The number of para-hydroxylation sites is 2. The summed E-state index contributed by atoms with van der Waals surface area (Å²) in [6.07, 6.45) is 2.14. The lowest BCUT2D eigenvalue weighted by Crippen LogP contribution is -2.44. The number of likely N-dealkylation sites (tertiary alicyclic amines) is 1. The Kier molecular flexibility index (Phi) is 8.04. The number of benzene rings is 3. The molecule has 1 saturated heterocycles. The first-order valence-corrected chi connectivity index (χ1v) is 11.7. The van der Waals surface area contributed by atoms with Gasteiger partial charge in [-0.3, -0.25) is 9.69 Å². The molecule has 6 heteroatoms. The molecular formula is C28H32N2O4. The summed E-state index contributed by atoms with van der Waals surface area (Å²) >= 11 is 0. The van der Waals surface area contributed by atoms with Crippen LogP contribution in [0.25, 0.3) is 0 Å². The van der Waals surface area contributed by atoms with Gasteiger partial charge in [0.05, 0.1) is 20.6 Å². The molecule has 0 aliphatic carbocycles. The van der Waals surface area contributed by atoms with Crippen LogP contribution in [0.4, 0.5) is 0 Å². The Morgan fingerprint density at radius 1 is 0.912 bits per heavy atom. The summed E-state index contributed by atoms with van der Waals surface area (Å²) in [5.41, 5.74) is 2.05. The Bertz CT molecular complexity index is 1080. The number of amides is 1. The molecule has 1 aliphatic rings. The molecule has 1 N–H and O–H groups in total. The molecule has 1 heterocycles. The SMILES string of the molecule is COc1cccc(CC(=O)NC2CCN(Cc3cccc(Oc4ccccc4)c3)CC2)c1OC. The van der Waals surface area contributed by atoms with Gasteiger partial charge in [-0.15, -0.1) is 0 Å². The lowest BCUT2D eigenvalue weighted by Gasteiger charge is -2.32. The van der Waals surface area contributed by atoms with Crippen molar-refractivity contribution in [2.45, 2.75) is 31.8 Å². The number of hydrogen-bond donors (Lipinski definition) is 1. The Hall–Kier alpha value is -3.51. The number of carbonyl (C=O) groups excluding carboxylic acids is 1. The zero-order chi connectivity index (χ0) is 23.8. The van der Waals surface area contributed by atoms with E-state index in [4.69, 9.17) is 14.2 Å². The summed E-state index contributed by atoms with van der Waals surface area (Å²) in [5.74, 6) is 2.95. The van der Waals surface area contributed by atoms with Gasteiger partial charge in [-0.2, -0.15) is 0 Å². The second kappa shape index (κ2) is 11.6. The van der Waals surface area contributed by atoms with E-state index in [1.54, 1.807) is 14.2 Å². The molecule has 34 heavy (non-hydrogen) atoms. The van der Waals surface area contributed by atoms with E-state index in [2.05, 4.69) is 22.3 Å². The molecule has 3 aromatic rings. The predicted molar refractivity (Wildman–Crippen MR) is 133 cm³/mol.